The van der Waals surface area contributed by atoms with E-state index >= 15 is 0 Å². The third-order valence-electron chi connectivity index (χ3n) is 2.80. The molecule has 0 aromatic rings. The van der Waals surface area contributed by atoms with Crippen molar-refractivity contribution in [1.29, 1.82) is 0 Å². The third-order valence-corrected chi connectivity index (χ3v) is 6.70. The number of hydrogen-bond donors (Lipinski definition) is 0. The van der Waals surface area contributed by atoms with Gasteiger partial charge < -0.3 is 0 Å². The van der Waals surface area contributed by atoms with Crippen molar-refractivity contribution in [2.45, 2.75) is 70.3 Å². The Bertz CT molecular complexity index is 118. The molecule has 0 aromatic carbocycles. The molecule has 0 nitrogen and oxygen atoms in total. The molecule has 0 fully saturated rings. The minimum absolute atomic E-state index is 0.518. The molecule has 0 amide bonds. The highest BCUT2D eigenvalue weighted by Crippen LogP contribution is 2.43. The lowest BCUT2D eigenvalue weighted by Gasteiger charge is -2.30. The van der Waals surface area contributed by atoms with Crippen LogP contribution in [0.4, 0.5) is 0 Å². The molecular weight excluding hydrogens is 220 g/mol. The molecule has 0 aliphatic carbocycles. The second kappa shape index (κ2) is 9.89. The number of rotatable bonds is 10. The van der Waals surface area contributed by atoms with Crippen molar-refractivity contribution < 1.29 is 0 Å². The summed E-state index contributed by atoms with van der Waals surface area (Å²) in [5, 5.41) is 0. The van der Waals surface area contributed by atoms with Gasteiger partial charge in [-0.25, -0.2) is 0 Å². The van der Waals surface area contributed by atoms with Crippen molar-refractivity contribution >= 4 is 23.5 Å². The Balaban J connectivity index is 3.93. The Labute approximate surface area is 105 Å². The Morgan fingerprint density at radius 2 is 1.13 bits per heavy atom. The fourth-order valence-corrected chi connectivity index (χ4v) is 4.76. The summed E-state index contributed by atoms with van der Waals surface area (Å²) in [6.07, 6.45) is 8.03. The van der Waals surface area contributed by atoms with E-state index in [1.807, 2.05) is 0 Å². The van der Waals surface area contributed by atoms with Crippen LogP contribution in [0.25, 0.3) is 0 Å². The molecule has 0 saturated carbocycles. The van der Waals surface area contributed by atoms with Crippen molar-refractivity contribution in [3.8, 4) is 0 Å². The monoisotopic (exact) mass is 248 g/mol. The van der Waals surface area contributed by atoms with Gasteiger partial charge in [-0.3, -0.25) is 0 Å². The molecule has 0 spiro atoms. The van der Waals surface area contributed by atoms with Crippen molar-refractivity contribution in [1.82, 2.24) is 0 Å². The number of unbranched alkanes of at least 4 members (excludes halogenated alkanes) is 2. The first-order valence-electron chi connectivity index (χ1n) is 6.52. The van der Waals surface area contributed by atoms with E-state index in [0.29, 0.717) is 4.08 Å². The lowest BCUT2D eigenvalue weighted by molar-refractivity contribution is 0.732. The van der Waals surface area contributed by atoms with Crippen molar-refractivity contribution in [3.63, 3.8) is 0 Å². The van der Waals surface area contributed by atoms with E-state index in [1.165, 1.54) is 50.0 Å². The van der Waals surface area contributed by atoms with Gasteiger partial charge >= 0.3 is 0 Å². The zero-order valence-corrected chi connectivity index (χ0v) is 12.6. The maximum Gasteiger partial charge on any atom is 0.0605 e. The molecule has 0 aromatic heterocycles. The summed E-state index contributed by atoms with van der Waals surface area (Å²) >= 11 is 4.41. The largest absolute Gasteiger partial charge is 0.144 e. The second-order valence-electron chi connectivity index (χ2n) is 4.02. The van der Waals surface area contributed by atoms with Gasteiger partial charge in [-0.2, -0.15) is 0 Å². The Morgan fingerprint density at radius 1 is 0.733 bits per heavy atom. The molecule has 92 valence electrons. The molecule has 0 radical (unpaired) electrons. The summed E-state index contributed by atoms with van der Waals surface area (Å²) in [5.74, 6) is 2.69. The second-order valence-corrected chi connectivity index (χ2v) is 7.24. The van der Waals surface area contributed by atoms with Crippen LogP contribution in [0.2, 0.25) is 0 Å². The topological polar surface area (TPSA) is 0 Å². The molecule has 15 heavy (non-hydrogen) atoms. The van der Waals surface area contributed by atoms with Crippen LogP contribution in [-0.4, -0.2) is 15.6 Å². The number of thioether (sulfide) groups is 2. The first-order valence-corrected chi connectivity index (χ1v) is 8.49. The molecule has 0 rings (SSSR count). The maximum absolute atomic E-state index is 2.35. The lowest BCUT2D eigenvalue weighted by atomic mass is 10.2. The van der Waals surface area contributed by atoms with E-state index in [0.717, 1.165) is 0 Å². The highest BCUT2D eigenvalue weighted by Gasteiger charge is 2.26. The van der Waals surface area contributed by atoms with Gasteiger partial charge in [0, 0.05) is 0 Å². The van der Waals surface area contributed by atoms with E-state index in [4.69, 9.17) is 0 Å². The van der Waals surface area contributed by atoms with Crippen LogP contribution in [0, 0.1) is 0 Å². The van der Waals surface area contributed by atoms with Gasteiger partial charge in [0.25, 0.3) is 0 Å². The SMILES string of the molecule is CCCCSC(CC)(CC)SCCCC. The smallest absolute Gasteiger partial charge is 0.0605 e. The average molecular weight is 249 g/mol. The minimum Gasteiger partial charge on any atom is -0.144 e. The molecule has 0 aliphatic rings. The van der Waals surface area contributed by atoms with E-state index in [1.54, 1.807) is 0 Å². The quantitative estimate of drug-likeness (QED) is 0.366. The molecule has 2 heteroatoms. The van der Waals surface area contributed by atoms with Crippen LogP contribution in [0.1, 0.15) is 66.2 Å². The van der Waals surface area contributed by atoms with E-state index in [2.05, 4.69) is 51.2 Å². The average Bonchev–Trinajstić information content (AvgIpc) is 2.28. The summed E-state index contributed by atoms with van der Waals surface area (Å²) in [6, 6.07) is 0. The molecular formula is C13H28S2. The van der Waals surface area contributed by atoms with Gasteiger partial charge in [-0.1, -0.05) is 40.5 Å². The van der Waals surface area contributed by atoms with Crippen LogP contribution in [0.5, 0.6) is 0 Å². The summed E-state index contributed by atoms with van der Waals surface area (Å²) in [7, 11) is 0. The van der Waals surface area contributed by atoms with Crippen LogP contribution >= 0.6 is 23.5 Å². The van der Waals surface area contributed by atoms with Gasteiger partial charge in [0.1, 0.15) is 0 Å². The fraction of sp³-hybridized carbons (Fsp3) is 1.00. The van der Waals surface area contributed by atoms with Crippen LogP contribution in [0.15, 0.2) is 0 Å². The maximum atomic E-state index is 2.35. The summed E-state index contributed by atoms with van der Waals surface area (Å²) in [4.78, 5) is 0. The van der Waals surface area contributed by atoms with Gasteiger partial charge in [0.15, 0.2) is 0 Å². The molecule has 0 atom stereocenters. The van der Waals surface area contributed by atoms with E-state index in [-0.39, 0.29) is 0 Å². The van der Waals surface area contributed by atoms with Gasteiger partial charge in [0.2, 0.25) is 0 Å². The normalized spacial score (nSPS) is 12.0. The predicted octanol–water partition coefficient (Wildman–Crippen LogP) is 5.57. The minimum atomic E-state index is 0.518. The Kier molecular flexibility index (Phi) is 10.4. The van der Waals surface area contributed by atoms with Crippen LogP contribution in [-0.2, 0) is 0 Å². The standard InChI is InChI=1S/C13H28S2/c1-5-9-11-14-13(7-3,8-4)15-12-10-6-2/h5-12H2,1-4H3. The highest BCUT2D eigenvalue weighted by molar-refractivity contribution is 8.18. The van der Waals surface area contributed by atoms with Crippen molar-refractivity contribution in [2.24, 2.45) is 0 Å². The predicted molar refractivity (Wildman–Crippen MR) is 78.0 cm³/mol. The third kappa shape index (κ3) is 6.78. The van der Waals surface area contributed by atoms with Crippen molar-refractivity contribution in [3.05, 3.63) is 0 Å². The Morgan fingerprint density at radius 3 is 1.40 bits per heavy atom. The van der Waals surface area contributed by atoms with Gasteiger partial charge in [-0.15, -0.1) is 23.5 Å². The molecule has 0 unspecified atom stereocenters. The fourth-order valence-electron chi connectivity index (χ4n) is 1.50. The first kappa shape index (κ1) is 15.7. The molecule has 0 N–H and O–H groups in total. The van der Waals surface area contributed by atoms with E-state index < -0.39 is 0 Å². The summed E-state index contributed by atoms with van der Waals surface area (Å²) in [5.41, 5.74) is 0. The molecule has 0 aliphatic heterocycles. The summed E-state index contributed by atoms with van der Waals surface area (Å²) < 4.78 is 0.518. The Hall–Kier alpha value is 0.700. The zero-order valence-electron chi connectivity index (χ0n) is 11.0. The van der Waals surface area contributed by atoms with Crippen LogP contribution < -0.4 is 0 Å². The van der Waals surface area contributed by atoms with E-state index in [9.17, 15) is 0 Å². The summed E-state index contributed by atoms with van der Waals surface area (Å²) in [6.45, 7) is 9.26. The number of hydrogen-bond acceptors (Lipinski definition) is 2. The lowest BCUT2D eigenvalue weighted by Crippen LogP contribution is -2.19. The molecule has 0 saturated heterocycles. The zero-order chi connectivity index (χ0) is 11.6. The highest BCUT2D eigenvalue weighted by atomic mass is 32.2. The van der Waals surface area contributed by atoms with Gasteiger partial charge in [0.05, 0.1) is 4.08 Å². The van der Waals surface area contributed by atoms with Crippen LogP contribution in [0.3, 0.4) is 0 Å². The molecule has 0 bridgehead atoms. The van der Waals surface area contributed by atoms with Crippen molar-refractivity contribution in [2.75, 3.05) is 11.5 Å². The first-order chi connectivity index (χ1) is 7.24. The molecule has 0 heterocycles. The van der Waals surface area contributed by atoms with Gasteiger partial charge in [-0.05, 0) is 37.2 Å².